The number of ketones is 1. The molecule has 0 amide bonds. The van der Waals surface area contributed by atoms with Gasteiger partial charge in [0.15, 0.2) is 5.78 Å². The number of carbonyl (C=O) groups excluding carboxylic acids is 1. The molecule has 0 aliphatic heterocycles. The van der Waals surface area contributed by atoms with Crippen LogP contribution in [0, 0.1) is 0 Å². The molecule has 1 aromatic rings. The van der Waals surface area contributed by atoms with Gasteiger partial charge in [-0.15, -0.1) is 0 Å². The smallest absolute Gasteiger partial charge is 0.171 e. The van der Waals surface area contributed by atoms with Crippen LogP contribution in [0.5, 0.6) is 0 Å². The normalized spacial score (nSPS) is 11.5. The molecular formula is C10H8BrClO. The van der Waals surface area contributed by atoms with Crippen LogP contribution in [-0.4, -0.2) is 5.78 Å². The molecule has 0 aliphatic rings. The minimum Gasteiger partial charge on any atom is -0.294 e. The molecule has 0 spiro atoms. The molecule has 1 nitrogen and oxygen atoms in total. The average Bonchev–Trinajstić information content (AvgIpc) is 2.08. The van der Waals surface area contributed by atoms with Crippen LogP contribution in [0.4, 0.5) is 0 Å². The molecular weight excluding hydrogens is 251 g/mol. The van der Waals surface area contributed by atoms with Gasteiger partial charge in [-0.05, 0) is 23.8 Å². The highest BCUT2D eigenvalue weighted by atomic mass is 79.9. The summed E-state index contributed by atoms with van der Waals surface area (Å²) in [5.74, 6) is -0.121. The monoisotopic (exact) mass is 258 g/mol. The number of allylic oxidation sites excluding steroid dienone is 1. The van der Waals surface area contributed by atoms with Gasteiger partial charge in [-0.1, -0.05) is 39.7 Å². The van der Waals surface area contributed by atoms with E-state index in [9.17, 15) is 4.79 Å². The lowest BCUT2D eigenvalue weighted by Gasteiger charge is -1.95. The summed E-state index contributed by atoms with van der Waals surface area (Å²) in [6, 6.07) is 7.57. The van der Waals surface area contributed by atoms with Crippen LogP contribution in [-0.2, 0) is 4.79 Å². The second kappa shape index (κ2) is 4.58. The van der Waals surface area contributed by atoms with Crippen molar-refractivity contribution in [1.82, 2.24) is 0 Å². The first kappa shape index (κ1) is 10.5. The Morgan fingerprint density at radius 2 is 1.92 bits per heavy atom. The number of rotatable bonds is 2. The average molecular weight is 260 g/mol. The first-order valence-electron chi connectivity index (χ1n) is 3.73. The van der Waals surface area contributed by atoms with E-state index in [1.165, 1.54) is 6.92 Å². The summed E-state index contributed by atoms with van der Waals surface area (Å²) in [7, 11) is 0. The van der Waals surface area contributed by atoms with Crippen molar-refractivity contribution in [2.24, 2.45) is 0 Å². The van der Waals surface area contributed by atoms with Crippen molar-refractivity contribution in [3.63, 3.8) is 0 Å². The Balaban J connectivity index is 2.92. The topological polar surface area (TPSA) is 17.1 Å². The van der Waals surface area contributed by atoms with Crippen molar-refractivity contribution in [3.8, 4) is 0 Å². The molecule has 0 heterocycles. The summed E-state index contributed by atoms with van der Waals surface area (Å²) in [5, 5.41) is 0.252. The van der Waals surface area contributed by atoms with Crippen molar-refractivity contribution in [1.29, 1.82) is 0 Å². The predicted molar refractivity (Wildman–Crippen MR) is 58.7 cm³/mol. The van der Waals surface area contributed by atoms with Crippen molar-refractivity contribution in [3.05, 3.63) is 39.3 Å². The summed E-state index contributed by atoms with van der Waals surface area (Å²) in [4.78, 5) is 10.8. The first-order chi connectivity index (χ1) is 6.09. The van der Waals surface area contributed by atoms with E-state index in [1.54, 1.807) is 6.08 Å². The maximum absolute atomic E-state index is 10.8. The molecule has 0 aliphatic carbocycles. The zero-order valence-electron chi connectivity index (χ0n) is 7.05. The van der Waals surface area contributed by atoms with Crippen molar-refractivity contribution in [2.75, 3.05) is 0 Å². The maximum Gasteiger partial charge on any atom is 0.171 e. The fourth-order valence-electron chi connectivity index (χ4n) is 0.807. The Labute approximate surface area is 90.5 Å². The van der Waals surface area contributed by atoms with Crippen LogP contribution in [0.3, 0.4) is 0 Å². The van der Waals surface area contributed by atoms with Crippen LogP contribution in [0.25, 0.3) is 6.08 Å². The lowest BCUT2D eigenvalue weighted by Crippen LogP contribution is -1.87. The molecule has 68 valence electrons. The summed E-state index contributed by atoms with van der Waals surface area (Å²) < 4.78 is 1.00. The number of halogens is 2. The second-order valence-electron chi connectivity index (χ2n) is 2.60. The number of carbonyl (C=O) groups is 1. The highest BCUT2D eigenvalue weighted by molar-refractivity contribution is 9.10. The van der Waals surface area contributed by atoms with E-state index in [0.717, 1.165) is 10.0 Å². The van der Waals surface area contributed by atoms with Crippen molar-refractivity contribution < 1.29 is 4.79 Å². The van der Waals surface area contributed by atoms with Gasteiger partial charge in [0.05, 0.1) is 5.03 Å². The van der Waals surface area contributed by atoms with Gasteiger partial charge >= 0.3 is 0 Å². The van der Waals surface area contributed by atoms with E-state index in [1.807, 2.05) is 24.3 Å². The first-order valence-corrected chi connectivity index (χ1v) is 4.90. The van der Waals surface area contributed by atoms with Crippen LogP contribution >= 0.6 is 27.5 Å². The summed E-state index contributed by atoms with van der Waals surface area (Å²) >= 11 is 9.01. The van der Waals surface area contributed by atoms with Gasteiger partial charge in [-0.25, -0.2) is 0 Å². The van der Waals surface area contributed by atoms with E-state index in [4.69, 9.17) is 11.6 Å². The molecule has 0 aromatic heterocycles. The third-order valence-electron chi connectivity index (χ3n) is 1.50. The summed E-state index contributed by atoms with van der Waals surface area (Å²) in [6.07, 6.45) is 1.65. The number of hydrogen-bond acceptors (Lipinski definition) is 1. The van der Waals surface area contributed by atoms with E-state index < -0.39 is 0 Å². The Bertz CT molecular complexity index is 340. The van der Waals surface area contributed by atoms with Gasteiger partial charge in [-0.3, -0.25) is 4.79 Å². The zero-order valence-corrected chi connectivity index (χ0v) is 9.39. The van der Waals surface area contributed by atoms with Crippen LogP contribution in [0.1, 0.15) is 12.5 Å². The Morgan fingerprint density at radius 3 is 2.38 bits per heavy atom. The minimum absolute atomic E-state index is 0.121. The summed E-state index contributed by atoms with van der Waals surface area (Å²) in [6.45, 7) is 1.44. The highest BCUT2D eigenvalue weighted by Crippen LogP contribution is 2.14. The molecule has 0 fully saturated rings. The highest BCUT2D eigenvalue weighted by Gasteiger charge is 1.98. The van der Waals surface area contributed by atoms with E-state index in [-0.39, 0.29) is 10.8 Å². The molecule has 0 N–H and O–H groups in total. The van der Waals surface area contributed by atoms with E-state index in [2.05, 4.69) is 15.9 Å². The molecule has 3 heteroatoms. The van der Waals surface area contributed by atoms with Gasteiger partial charge in [0.1, 0.15) is 0 Å². The molecule has 1 rings (SSSR count). The third-order valence-corrected chi connectivity index (χ3v) is 2.40. The van der Waals surface area contributed by atoms with Gasteiger partial charge in [-0.2, -0.15) is 0 Å². The molecule has 0 saturated carbocycles. The Hall–Kier alpha value is -0.600. The third kappa shape index (κ3) is 3.33. The van der Waals surface area contributed by atoms with Crippen molar-refractivity contribution in [2.45, 2.75) is 6.92 Å². The molecule has 13 heavy (non-hydrogen) atoms. The Morgan fingerprint density at radius 1 is 1.38 bits per heavy atom. The molecule has 1 aromatic carbocycles. The molecule has 0 radical (unpaired) electrons. The Kier molecular flexibility index (Phi) is 3.70. The fraction of sp³-hybridized carbons (Fsp3) is 0.100. The number of Topliss-reactive ketones (excluding diaryl/α,β-unsaturated/α-hetero) is 1. The van der Waals surface area contributed by atoms with E-state index >= 15 is 0 Å². The minimum atomic E-state index is -0.121. The molecule has 0 bridgehead atoms. The van der Waals surface area contributed by atoms with Crippen LogP contribution in [0.2, 0.25) is 0 Å². The zero-order chi connectivity index (χ0) is 9.84. The lowest BCUT2D eigenvalue weighted by molar-refractivity contribution is -0.112. The van der Waals surface area contributed by atoms with Crippen LogP contribution < -0.4 is 0 Å². The quantitative estimate of drug-likeness (QED) is 0.742. The molecule has 0 atom stereocenters. The van der Waals surface area contributed by atoms with E-state index in [0.29, 0.717) is 0 Å². The largest absolute Gasteiger partial charge is 0.294 e. The summed E-state index contributed by atoms with van der Waals surface area (Å²) in [5.41, 5.74) is 0.920. The SMILES string of the molecule is CC(=O)/C(Cl)=C/c1ccc(Br)cc1. The number of hydrogen-bond donors (Lipinski definition) is 0. The van der Waals surface area contributed by atoms with Crippen molar-refractivity contribution >= 4 is 39.4 Å². The molecule has 0 unspecified atom stereocenters. The molecule has 0 saturated heterocycles. The predicted octanol–water partition coefficient (Wildman–Crippen LogP) is 3.62. The number of benzene rings is 1. The van der Waals surface area contributed by atoms with Gasteiger partial charge in [0, 0.05) is 11.4 Å². The van der Waals surface area contributed by atoms with Gasteiger partial charge in [0.25, 0.3) is 0 Å². The fourth-order valence-corrected chi connectivity index (χ4v) is 1.20. The van der Waals surface area contributed by atoms with Gasteiger partial charge < -0.3 is 0 Å². The lowest BCUT2D eigenvalue weighted by atomic mass is 10.2. The standard InChI is InChI=1S/C10H8BrClO/c1-7(13)10(12)6-8-2-4-9(11)5-3-8/h2-6H,1H3/b10-6-. The van der Waals surface area contributed by atoms with Crippen LogP contribution in [0.15, 0.2) is 33.8 Å². The van der Waals surface area contributed by atoms with Gasteiger partial charge in [0.2, 0.25) is 0 Å². The maximum atomic E-state index is 10.8. The second-order valence-corrected chi connectivity index (χ2v) is 3.92.